The minimum absolute atomic E-state index is 0.0693. The first-order valence-corrected chi connectivity index (χ1v) is 9.30. The highest BCUT2D eigenvalue weighted by atomic mass is 19.3. The number of rotatable bonds is 4. The Bertz CT molecular complexity index is 818. The lowest BCUT2D eigenvalue weighted by atomic mass is 10.2. The molecule has 2 aromatic rings. The molecule has 2 fully saturated rings. The molecule has 0 saturated carbocycles. The smallest absolute Gasteiger partial charge is 0.266 e. The molecule has 28 heavy (non-hydrogen) atoms. The third-order valence-electron chi connectivity index (χ3n) is 4.82. The molecule has 150 valence electrons. The Balaban J connectivity index is 1.80. The molecule has 4 rings (SSSR count). The zero-order chi connectivity index (χ0) is 19.5. The van der Waals surface area contributed by atoms with Gasteiger partial charge in [-0.25, -0.2) is 8.78 Å². The normalized spacial score (nSPS) is 20.6. The molecular formula is C18H22F2N6O2. The molecule has 1 atom stereocenters. The summed E-state index contributed by atoms with van der Waals surface area (Å²) in [5.74, 6) is 1.06. The van der Waals surface area contributed by atoms with Gasteiger partial charge >= 0.3 is 0 Å². The monoisotopic (exact) mass is 392 g/mol. The van der Waals surface area contributed by atoms with Gasteiger partial charge in [0.1, 0.15) is 5.69 Å². The minimum Gasteiger partial charge on any atom is -0.378 e. The van der Waals surface area contributed by atoms with Gasteiger partial charge in [0, 0.05) is 31.4 Å². The van der Waals surface area contributed by atoms with Crippen LogP contribution in [-0.4, -0.2) is 72.0 Å². The highest BCUT2D eigenvalue weighted by molar-refractivity contribution is 5.59. The van der Waals surface area contributed by atoms with Crippen molar-refractivity contribution in [3.05, 3.63) is 23.9 Å². The van der Waals surface area contributed by atoms with Gasteiger partial charge in [-0.2, -0.15) is 15.0 Å². The quantitative estimate of drug-likeness (QED) is 0.781. The largest absolute Gasteiger partial charge is 0.378 e. The van der Waals surface area contributed by atoms with E-state index >= 15 is 0 Å². The number of hydrogen-bond donors (Lipinski definition) is 0. The van der Waals surface area contributed by atoms with Crippen molar-refractivity contribution in [2.75, 3.05) is 55.9 Å². The van der Waals surface area contributed by atoms with E-state index in [9.17, 15) is 8.78 Å². The Hall–Kier alpha value is -2.46. The molecule has 0 unspecified atom stereocenters. The first-order chi connectivity index (χ1) is 13.6. The molecule has 0 aliphatic carbocycles. The van der Waals surface area contributed by atoms with Crippen molar-refractivity contribution in [2.45, 2.75) is 19.4 Å². The summed E-state index contributed by atoms with van der Waals surface area (Å²) in [6.07, 6.45) is -1.20. The summed E-state index contributed by atoms with van der Waals surface area (Å²) in [6.45, 7) is 6.15. The Morgan fingerprint density at radius 3 is 2.54 bits per heavy atom. The number of morpholine rings is 2. The lowest BCUT2D eigenvalue weighted by Crippen LogP contribution is -2.45. The van der Waals surface area contributed by atoms with Crippen LogP contribution in [0.5, 0.6) is 0 Å². The van der Waals surface area contributed by atoms with Crippen LogP contribution in [0.3, 0.4) is 0 Å². The third-order valence-corrected chi connectivity index (χ3v) is 4.82. The molecule has 8 nitrogen and oxygen atoms in total. The standard InChI is InChI=1S/C18H22F2N6O2/c1-12-11-28-10-7-26(12)18-23-16(14-13(15(19)20)3-2-4-21-14)22-17(24-18)25-5-8-27-9-6-25/h2-4,12,15H,5-11H2,1H3/t12-/m0/s1. The summed E-state index contributed by atoms with van der Waals surface area (Å²) in [5, 5.41) is 0. The predicted octanol–water partition coefficient (Wildman–Crippen LogP) is 1.93. The van der Waals surface area contributed by atoms with Crippen LogP contribution in [0.4, 0.5) is 20.7 Å². The van der Waals surface area contributed by atoms with Gasteiger partial charge < -0.3 is 19.3 Å². The van der Waals surface area contributed by atoms with Gasteiger partial charge in [0.05, 0.1) is 32.5 Å². The van der Waals surface area contributed by atoms with E-state index in [2.05, 4.69) is 19.9 Å². The molecule has 10 heteroatoms. The van der Waals surface area contributed by atoms with E-state index in [-0.39, 0.29) is 23.1 Å². The highest BCUT2D eigenvalue weighted by Gasteiger charge is 2.26. The van der Waals surface area contributed by atoms with Crippen molar-refractivity contribution >= 4 is 11.9 Å². The predicted molar refractivity (Wildman–Crippen MR) is 98.7 cm³/mol. The molecule has 0 N–H and O–H groups in total. The van der Waals surface area contributed by atoms with Crippen LogP contribution in [0.25, 0.3) is 11.5 Å². The zero-order valence-electron chi connectivity index (χ0n) is 15.6. The molecule has 2 aliphatic heterocycles. The molecule has 0 amide bonds. The molecular weight excluding hydrogens is 370 g/mol. The lowest BCUT2D eigenvalue weighted by Gasteiger charge is -2.34. The Morgan fingerprint density at radius 2 is 1.79 bits per heavy atom. The molecule has 2 saturated heterocycles. The van der Waals surface area contributed by atoms with Crippen LogP contribution >= 0.6 is 0 Å². The molecule has 0 aromatic carbocycles. The second-order valence-corrected chi connectivity index (χ2v) is 6.72. The van der Waals surface area contributed by atoms with Gasteiger partial charge in [0.25, 0.3) is 6.43 Å². The van der Waals surface area contributed by atoms with E-state index in [0.29, 0.717) is 58.0 Å². The Morgan fingerprint density at radius 1 is 1.04 bits per heavy atom. The van der Waals surface area contributed by atoms with Crippen molar-refractivity contribution in [1.29, 1.82) is 0 Å². The van der Waals surface area contributed by atoms with Gasteiger partial charge in [0.15, 0.2) is 5.82 Å². The second-order valence-electron chi connectivity index (χ2n) is 6.72. The van der Waals surface area contributed by atoms with Crippen molar-refractivity contribution in [2.24, 2.45) is 0 Å². The van der Waals surface area contributed by atoms with Crippen LogP contribution in [-0.2, 0) is 9.47 Å². The van der Waals surface area contributed by atoms with E-state index < -0.39 is 6.43 Å². The van der Waals surface area contributed by atoms with E-state index in [1.165, 1.54) is 18.3 Å². The Kier molecular flexibility index (Phi) is 5.58. The molecule has 0 bridgehead atoms. The fraction of sp³-hybridized carbons (Fsp3) is 0.556. The number of pyridine rings is 1. The third kappa shape index (κ3) is 3.88. The van der Waals surface area contributed by atoms with Crippen LogP contribution in [0, 0.1) is 0 Å². The second kappa shape index (κ2) is 8.27. The number of alkyl halides is 2. The van der Waals surface area contributed by atoms with E-state index in [1.54, 1.807) is 0 Å². The summed E-state index contributed by atoms with van der Waals surface area (Å²) in [4.78, 5) is 21.8. The number of anilines is 2. The first-order valence-electron chi connectivity index (χ1n) is 9.30. The fourth-order valence-electron chi connectivity index (χ4n) is 3.30. The molecule has 4 heterocycles. The van der Waals surface area contributed by atoms with Gasteiger partial charge in [-0.05, 0) is 19.1 Å². The molecule has 0 spiro atoms. The van der Waals surface area contributed by atoms with Gasteiger partial charge in [-0.15, -0.1) is 0 Å². The number of halogens is 2. The highest BCUT2D eigenvalue weighted by Crippen LogP contribution is 2.29. The number of aromatic nitrogens is 4. The topological polar surface area (TPSA) is 76.5 Å². The van der Waals surface area contributed by atoms with Crippen molar-refractivity contribution < 1.29 is 18.3 Å². The summed E-state index contributed by atoms with van der Waals surface area (Å²) in [5.41, 5.74) is -0.112. The molecule has 2 aliphatic rings. The number of hydrogen-bond acceptors (Lipinski definition) is 8. The maximum absolute atomic E-state index is 13.5. The lowest BCUT2D eigenvalue weighted by molar-refractivity contribution is 0.0980. The average Bonchev–Trinajstić information content (AvgIpc) is 2.74. The maximum atomic E-state index is 13.5. The van der Waals surface area contributed by atoms with Crippen LogP contribution in [0.2, 0.25) is 0 Å². The van der Waals surface area contributed by atoms with Crippen LogP contribution in [0.15, 0.2) is 18.3 Å². The van der Waals surface area contributed by atoms with E-state index in [4.69, 9.17) is 9.47 Å². The van der Waals surface area contributed by atoms with Crippen LogP contribution in [0.1, 0.15) is 18.9 Å². The fourth-order valence-corrected chi connectivity index (χ4v) is 3.30. The zero-order valence-corrected chi connectivity index (χ0v) is 15.6. The van der Waals surface area contributed by atoms with Crippen molar-refractivity contribution in [3.63, 3.8) is 0 Å². The first kappa shape index (κ1) is 18.9. The van der Waals surface area contributed by atoms with Crippen LogP contribution < -0.4 is 9.80 Å². The van der Waals surface area contributed by atoms with Crippen molar-refractivity contribution in [1.82, 2.24) is 19.9 Å². The van der Waals surface area contributed by atoms with E-state index in [1.807, 2.05) is 16.7 Å². The minimum atomic E-state index is -2.67. The average molecular weight is 392 g/mol. The summed E-state index contributed by atoms with van der Waals surface area (Å²) < 4.78 is 37.9. The van der Waals surface area contributed by atoms with Crippen molar-refractivity contribution in [3.8, 4) is 11.5 Å². The van der Waals surface area contributed by atoms with Gasteiger partial charge in [-0.1, -0.05) is 0 Å². The molecule has 0 radical (unpaired) electrons. The Labute approximate surface area is 161 Å². The SMILES string of the molecule is C[C@H]1COCCN1c1nc(-c2ncccc2C(F)F)nc(N2CCOCC2)n1. The van der Waals surface area contributed by atoms with Gasteiger partial charge in [0.2, 0.25) is 11.9 Å². The van der Waals surface area contributed by atoms with Gasteiger partial charge in [-0.3, -0.25) is 4.98 Å². The summed E-state index contributed by atoms with van der Waals surface area (Å²) in [6, 6.07) is 2.90. The summed E-state index contributed by atoms with van der Waals surface area (Å²) >= 11 is 0. The molecule has 2 aromatic heterocycles. The number of ether oxygens (including phenoxy) is 2. The number of nitrogens with zero attached hydrogens (tertiary/aromatic N) is 6. The van der Waals surface area contributed by atoms with E-state index in [0.717, 1.165) is 0 Å². The maximum Gasteiger partial charge on any atom is 0.266 e. The summed E-state index contributed by atoms with van der Waals surface area (Å²) in [7, 11) is 0.